The standard InChI is InChI=1S/C5H11NO2.CH4O3S/c1-4-5(7)8-6(2)3;1-5(2,3)4/h4H2,1-3H3;1H3,(H,2,3,4). The van der Waals surface area contributed by atoms with Crippen LogP contribution in [0, 0.1) is 0 Å². The van der Waals surface area contributed by atoms with Crippen molar-refractivity contribution in [3.8, 4) is 0 Å². The van der Waals surface area contributed by atoms with Crippen molar-refractivity contribution < 1.29 is 22.6 Å². The lowest BCUT2D eigenvalue weighted by atomic mass is 10.5. The van der Waals surface area contributed by atoms with Gasteiger partial charge in [-0.05, 0) is 0 Å². The lowest BCUT2D eigenvalue weighted by molar-refractivity contribution is -0.177. The number of nitrogens with zero attached hydrogens (tertiary/aromatic N) is 1. The molecule has 80 valence electrons. The first-order chi connectivity index (χ1) is 5.66. The van der Waals surface area contributed by atoms with Gasteiger partial charge in [-0.3, -0.25) is 9.35 Å². The fourth-order valence-corrected chi connectivity index (χ4v) is 0.268. The first kappa shape index (κ1) is 14.8. The van der Waals surface area contributed by atoms with Crippen LogP contribution >= 0.6 is 0 Å². The fourth-order valence-electron chi connectivity index (χ4n) is 0.268. The minimum absolute atomic E-state index is 0.199. The largest absolute Gasteiger partial charge is 0.369 e. The number of rotatable bonds is 2. The van der Waals surface area contributed by atoms with E-state index in [2.05, 4.69) is 4.84 Å². The molecule has 0 saturated carbocycles. The van der Waals surface area contributed by atoms with Crippen molar-refractivity contribution in [1.29, 1.82) is 0 Å². The van der Waals surface area contributed by atoms with Gasteiger partial charge in [0.2, 0.25) is 0 Å². The summed E-state index contributed by atoms with van der Waals surface area (Å²) < 4.78 is 25.9. The molecule has 0 unspecified atom stereocenters. The van der Waals surface area contributed by atoms with Gasteiger partial charge in [-0.2, -0.15) is 8.42 Å². The van der Waals surface area contributed by atoms with Gasteiger partial charge in [0, 0.05) is 20.5 Å². The van der Waals surface area contributed by atoms with Crippen LogP contribution in [0.4, 0.5) is 0 Å². The zero-order valence-corrected chi connectivity index (χ0v) is 8.96. The predicted molar refractivity (Wildman–Crippen MR) is 47.5 cm³/mol. The number of hydrogen-bond acceptors (Lipinski definition) is 5. The molecule has 0 aliphatic rings. The second-order valence-electron chi connectivity index (χ2n) is 2.36. The molecule has 0 aliphatic heterocycles. The summed E-state index contributed by atoms with van der Waals surface area (Å²) in [6.07, 6.45) is 1.14. The first-order valence-corrected chi connectivity index (χ1v) is 5.32. The molecule has 13 heavy (non-hydrogen) atoms. The first-order valence-electron chi connectivity index (χ1n) is 3.47. The van der Waals surface area contributed by atoms with Crippen molar-refractivity contribution in [2.24, 2.45) is 0 Å². The smallest absolute Gasteiger partial charge is 0.324 e. The molecule has 7 heteroatoms. The molecular weight excluding hydrogens is 198 g/mol. The molecule has 0 aromatic heterocycles. The molecule has 0 saturated heterocycles. The van der Waals surface area contributed by atoms with E-state index in [1.165, 1.54) is 5.06 Å². The molecule has 0 heterocycles. The normalized spacial score (nSPS) is 10.3. The molecule has 0 atom stereocenters. The lowest BCUT2D eigenvalue weighted by Gasteiger charge is -2.07. The van der Waals surface area contributed by atoms with E-state index in [-0.39, 0.29) is 5.97 Å². The number of hydroxylamine groups is 2. The van der Waals surface area contributed by atoms with Crippen LogP contribution in [0.3, 0.4) is 0 Å². The maximum atomic E-state index is 10.4. The predicted octanol–water partition coefficient (Wildman–Crippen LogP) is -0.0798. The van der Waals surface area contributed by atoms with Gasteiger partial charge < -0.3 is 4.84 Å². The van der Waals surface area contributed by atoms with Crippen LogP contribution in [0.1, 0.15) is 13.3 Å². The molecule has 0 radical (unpaired) electrons. The van der Waals surface area contributed by atoms with E-state index in [0.717, 1.165) is 0 Å². The van der Waals surface area contributed by atoms with Crippen LogP contribution < -0.4 is 0 Å². The highest BCUT2D eigenvalue weighted by molar-refractivity contribution is 7.85. The van der Waals surface area contributed by atoms with E-state index in [1.807, 2.05) is 0 Å². The summed E-state index contributed by atoms with van der Waals surface area (Å²) in [4.78, 5) is 15.0. The van der Waals surface area contributed by atoms with E-state index >= 15 is 0 Å². The van der Waals surface area contributed by atoms with Gasteiger partial charge in [-0.15, -0.1) is 5.06 Å². The van der Waals surface area contributed by atoms with Gasteiger partial charge in [-0.1, -0.05) is 6.92 Å². The Kier molecular flexibility index (Phi) is 7.78. The highest BCUT2D eigenvalue weighted by atomic mass is 32.2. The second kappa shape index (κ2) is 6.81. The maximum absolute atomic E-state index is 10.4. The Labute approximate surface area is 78.2 Å². The summed E-state index contributed by atoms with van der Waals surface area (Å²) >= 11 is 0. The molecule has 6 nitrogen and oxygen atoms in total. The summed E-state index contributed by atoms with van der Waals surface area (Å²) in [6, 6.07) is 0. The van der Waals surface area contributed by atoms with Crippen molar-refractivity contribution in [3.05, 3.63) is 0 Å². The Hall–Kier alpha value is -0.660. The fraction of sp³-hybridized carbons (Fsp3) is 0.833. The summed E-state index contributed by atoms with van der Waals surface area (Å²) in [5.74, 6) is -0.199. The number of hydrogen-bond donors (Lipinski definition) is 1. The Balaban J connectivity index is 0. The van der Waals surface area contributed by atoms with Crippen LogP contribution in [0.2, 0.25) is 0 Å². The highest BCUT2D eigenvalue weighted by Crippen LogP contribution is 1.84. The van der Waals surface area contributed by atoms with Crippen LogP contribution in [-0.4, -0.2) is 44.4 Å². The summed E-state index contributed by atoms with van der Waals surface area (Å²) in [5.41, 5.74) is 0. The van der Waals surface area contributed by atoms with E-state index in [4.69, 9.17) is 4.55 Å². The van der Waals surface area contributed by atoms with Gasteiger partial charge in [0.1, 0.15) is 0 Å². The average molecular weight is 213 g/mol. The highest BCUT2D eigenvalue weighted by Gasteiger charge is 1.97. The molecular formula is C6H15NO5S. The summed E-state index contributed by atoms with van der Waals surface area (Å²) in [5, 5.41) is 1.38. The third-order valence-electron chi connectivity index (χ3n) is 0.573. The van der Waals surface area contributed by atoms with Gasteiger partial charge in [0.05, 0.1) is 6.26 Å². The second-order valence-corrected chi connectivity index (χ2v) is 3.83. The van der Waals surface area contributed by atoms with Crippen LogP contribution in [-0.2, 0) is 19.8 Å². The van der Waals surface area contributed by atoms with Gasteiger partial charge >= 0.3 is 5.97 Å². The monoisotopic (exact) mass is 213 g/mol. The molecule has 0 aromatic carbocycles. The minimum atomic E-state index is -3.67. The maximum Gasteiger partial charge on any atom is 0.324 e. The van der Waals surface area contributed by atoms with Crippen molar-refractivity contribution in [3.63, 3.8) is 0 Å². The van der Waals surface area contributed by atoms with Crippen molar-refractivity contribution >= 4 is 16.1 Å². The van der Waals surface area contributed by atoms with Crippen molar-refractivity contribution in [2.75, 3.05) is 20.4 Å². The molecule has 0 aliphatic carbocycles. The molecule has 0 amide bonds. The van der Waals surface area contributed by atoms with E-state index in [1.54, 1.807) is 21.0 Å². The average Bonchev–Trinajstić information content (AvgIpc) is 1.82. The van der Waals surface area contributed by atoms with Gasteiger partial charge in [-0.25, -0.2) is 0 Å². The zero-order valence-electron chi connectivity index (χ0n) is 8.14. The Bertz CT molecular complexity index is 225. The third kappa shape index (κ3) is 34.7. The van der Waals surface area contributed by atoms with E-state index < -0.39 is 10.1 Å². The van der Waals surface area contributed by atoms with Crippen molar-refractivity contribution in [1.82, 2.24) is 5.06 Å². The lowest BCUT2D eigenvalue weighted by Crippen LogP contribution is -2.17. The number of carbonyl (C=O) groups is 1. The Morgan fingerprint density at radius 1 is 1.46 bits per heavy atom. The number of carbonyl (C=O) groups excluding carboxylic acids is 1. The van der Waals surface area contributed by atoms with E-state index in [9.17, 15) is 13.2 Å². The molecule has 0 fully saturated rings. The van der Waals surface area contributed by atoms with Gasteiger partial charge in [0.25, 0.3) is 10.1 Å². The SMILES string of the molecule is CCC(=O)ON(C)C.CS(=O)(=O)O. The van der Waals surface area contributed by atoms with Crippen LogP contribution in [0.5, 0.6) is 0 Å². The molecule has 0 aromatic rings. The minimum Gasteiger partial charge on any atom is -0.369 e. The third-order valence-corrected chi connectivity index (χ3v) is 0.573. The molecule has 0 spiro atoms. The molecule has 0 rings (SSSR count). The summed E-state index contributed by atoms with van der Waals surface area (Å²) in [7, 11) is -0.318. The Morgan fingerprint density at radius 3 is 1.85 bits per heavy atom. The summed E-state index contributed by atoms with van der Waals surface area (Å²) in [6.45, 7) is 1.76. The van der Waals surface area contributed by atoms with Gasteiger partial charge in [0.15, 0.2) is 0 Å². The Morgan fingerprint density at radius 2 is 1.77 bits per heavy atom. The van der Waals surface area contributed by atoms with Crippen LogP contribution in [0.15, 0.2) is 0 Å². The zero-order chi connectivity index (χ0) is 11.1. The molecule has 1 N–H and O–H groups in total. The quantitative estimate of drug-likeness (QED) is 0.510. The van der Waals surface area contributed by atoms with Crippen LogP contribution in [0.25, 0.3) is 0 Å². The topological polar surface area (TPSA) is 83.9 Å². The van der Waals surface area contributed by atoms with Crippen molar-refractivity contribution in [2.45, 2.75) is 13.3 Å². The van der Waals surface area contributed by atoms with E-state index in [0.29, 0.717) is 12.7 Å². The molecule has 0 bridgehead atoms.